The van der Waals surface area contributed by atoms with Crippen molar-refractivity contribution in [1.29, 1.82) is 0 Å². The highest BCUT2D eigenvalue weighted by Crippen LogP contribution is 2.45. The van der Waals surface area contributed by atoms with Crippen LogP contribution < -0.4 is 5.32 Å². The number of benzene rings is 2. The molecule has 2 aromatic carbocycles. The van der Waals surface area contributed by atoms with E-state index in [9.17, 15) is 14.0 Å². The van der Waals surface area contributed by atoms with E-state index in [1.54, 1.807) is 43.3 Å². The molecule has 4 rings (SSSR count). The fourth-order valence-corrected chi connectivity index (χ4v) is 4.96. The molecule has 1 atom stereocenters. The number of nitrogens with zero attached hydrogens (tertiary/aromatic N) is 2. The number of allylic oxidation sites excluding steroid dienone is 1. The van der Waals surface area contributed by atoms with E-state index in [0.29, 0.717) is 32.7 Å². The SMILES string of the molecule is COC(=O)C1=C(C)N=C2SC=C(CC(=O)NCc3ccccc3F)N2C1c1cccc(Cl)c1. The molecular formula is C24H21ClFN3O3S. The van der Waals surface area contributed by atoms with E-state index < -0.39 is 12.0 Å². The minimum atomic E-state index is -0.552. The molecule has 2 aliphatic rings. The number of carbonyl (C=O) groups is 2. The molecular weight excluding hydrogens is 465 g/mol. The third-order valence-electron chi connectivity index (χ3n) is 5.35. The first kappa shape index (κ1) is 23.1. The third-order valence-corrected chi connectivity index (χ3v) is 6.47. The van der Waals surface area contributed by atoms with Crippen molar-refractivity contribution in [3.8, 4) is 0 Å². The zero-order valence-electron chi connectivity index (χ0n) is 18.0. The van der Waals surface area contributed by atoms with Crippen molar-refractivity contribution in [3.63, 3.8) is 0 Å². The minimum Gasteiger partial charge on any atom is -0.466 e. The molecule has 0 saturated carbocycles. The number of esters is 1. The number of rotatable bonds is 6. The second kappa shape index (κ2) is 9.80. The quantitative estimate of drug-likeness (QED) is 0.587. The van der Waals surface area contributed by atoms with Gasteiger partial charge in [-0.25, -0.2) is 14.2 Å². The Morgan fingerprint density at radius 2 is 2.03 bits per heavy atom. The van der Waals surface area contributed by atoms with Gasteiger partial charge < -0.3 is 15.0 Å². The fraction of sp³-hybridized carbons (Fsp3) is 0.208. The first-order chi connectivity index (χ1) is 15.9. The van der Waals surface area contributed by atoms with Gasteiger partial charge in [-0.1, -0.05) is 53.7 Å². The van der Waals surface area contributed by atoms with Gasteiger partial charge in [-0.3, -0.25) is 4.79 Å². The predicted octanol–water partition coefficient (Wildman–Crippen LogP) is 4.93. The van der Waals surface area contributed by atoms with Crippen LogP contribution in [0.15, 0.2) is 75.9 Å². The zero-order chi connectivity index (χ0) is 23.5. The zero-order valence-corrected chi connectivity index (χ0v) is 19.5. The molecule has 1 N–H and O–H groups in total. The minimum absolute atomic E-state index is 0.0328. The highest BCUT2D eigenvalue weighted by molar-refractivity contribution is 8.16. The van der Waals surface area contributed by atoms with Gasteiger partial charge in [0.1, 0.15) is 5.82 Å². The number of nitrogens with one attached hydrogen (secondary N) is 1. The molecule has 170 valence electrons. The van der Waals surface area contributed by atoms with Gasteiger partial charge in [0.15, 0.2) is 5.17 Å². The van der Waals surface area contributed by atoms with E-state index in [0.717, 1.165) is 5.56 Å². The normalized spacial score (nSPS) is 17.3. The molecule has 0 bridgehead atoms. The summed E-state index contributed by atoms with van der Waals surface area (Å²) < 4.78 is 18.9. The van der Waals surface area contributed by atoms with Crippen LogP contribution >= 0.6 is 23.4 Å². The van der Waals surface area contributed by atoms with Crippen LogP contribution in [0.2, 0.25) is 5.02 Å². The van der Waals surface area contributed by atoms with Gasteiger partial charge in [0.2, 0.25) is 5.91 Å². The van der Waals surface area contributed by atoms with Crippen LogP contribution in [0.4, 0.5) is 4.39 Å². The first-order valence-corrected chi connectivity index (χ1v) is 11.4. The molecule has 2 heterocycles. The smallest absolute Gasteiger partial charge is 0.338 e. The van der Waals surface area contributed by atoms with Gasteiger partial charge in [0.05, 0.1) is 30.8 Å². The van der Waals surface area contributed by atoms with Crippen molar-refractivity contribution in [2.75, 3.05) is 7.11 Å². The number of halogens is 2. The van der Waals surface area contributed by atoms with E-state index in [-0.39, 0.29) is 24.7 Å². The van der Waals surface area contributed by atoms with Gasteiger partial charge in [-0.2, -0.15) is 0 Å². The Balaban J connectivity index is 1.60. The average molecular weight is 486 g/mol. The van der Waals surface area contributed by atoms with Crippen molar-refractivity contribution >= 4 is 40.4 Å². The molecule has 1 amide bonds. The van der Waals surface area contributed by atoms with Crippen LogP contribution in [-0.2, 0) is 20.9 Å². The Bertz CT molecular complexity index is 1210. The monoisotopic (exact) mass is 485 g/mol. The number of fused-ring (bicyclic) bond motifs is 1. The van der Waals surface area contributed by atoms with Crippen LogP contribution in [-0.4, -0.2) is 29.1 Å². The number of methoxy groups -OCH3 is 1. The van der Waals surface area contributed by atoms with Crippen molar-refractivity contribution in [2.24, 2.45) is 4.99 Å². The molecule has 0 saturated heterocycles. The van der Waals surface area contributed by atoms with Gasteiger partial charge in [0.25, 0.3) is 0 Å². The van der Waals surface area contributed by atoms with Crippen molar-refractivity contribution in [1.82, 2.24) is 10.2 Å². The number of amides is 1. The van der Waals surface area contributed by atoms with E-state index in [1.165, 1.54) is 24.9 Å². The molecule has 2 aromatic rings. The third kappa shape index (κ3) is 4.82. The Morgan fingerprint density at radius 3 is 2.76 bits per heavy atom. The van der Waals surface area contributed by atoms with E-state index >= 15 is 0 Å². The molecule has 0 fully saturated rings. The van der Waals surface area contributed by atoms with Gasteiger partial charge in [-0.05, 0) is 36.1 Å². The van der Waals surface area contributed by atoms with E-state index in [2.05, 4.69) is 10.3 Å². The van der Waals surface area contributed by atoms with Crippen molar-refractivity contribution < 1.29 is 18.7 Å². The summed E-state index contributed by atoms with van der Waals surface area (Å²) in [6, 6.07) is 13.0. The lowest BCUT2D eigenvalue weighted by Crippen LogP contribution is -2.37. The van der Waals surface area contributed by atoms with Crippen LogP contribution in [0, 0.1) is 5.82 Å². The molecule has 1 unspecified atom stereocenters. The Hall–Kier alpha value is -3.10. The number of aliphatic imine (C=N–C) groups is 1. The summed E-state index contributed by atoms with van der Waals surface area (Å²) in [6.07, 6.45) is 0.0328. The summed E-state index contributed by atoms with van der Waals surface area (Å²) in [7, 11) is 1.32. The van der Waals surface area contributed by atoms with Crippen molar-refractivity contribution in [2.45, 2.75) is 25.9 Å². The summed E-state index contributed by atoms with van der Waals surface area (Å²) in [5, 5.41) is 5.78. The van der Waals surface area contributed by atoms with Gasteiger partial charge in [-0.15, -0.1) is 0 Å². The molecule has 6 nitrogen and oxygen atoms in total. The average Bonchev–Trinajstić information content (AvgIpc) is 3.18. The second-order valence-electron chi connectivity index (χ2n) is 7.48. The Kier molecular flexibility index (Phi) is 6.85. The second-order valence-corrected chi connectivity index (χ2v) is 8.76. The molecule has 33 heavy (non-hydrogen) atoms. The van der Waals surface area contributed by atoms with E-state index in [1.807, 2.05) is 16.4 Å². The molecule has 0 aromatic heterocycles. The maximum Gasteiger partial charge on any atom is 0.338 e. The maximum atomic E-state index is 13.9. The highest BCUT2D eigenvalue weighted by Gasteiger charge is 2.41. The lowest BCUT2D eigenvalue weighted by Gasteiger charge is -2.36. The summed E-state index contributed by atoms with van der Waals surface area (Å²) in [4.78, 5) is 31.9. The summed E-state index contributed by atoms with van der Waals surface area (Å²) in [5.41, 5.74) is 2.77. The summed E-state index contributed by atoms with van der Waals surface area (Å²) in [5.74, 6) is -1.15. The number of thioether (sulfide) groups is 1. The first-order valence-electron chi connectivity index (χ1n) is 10.2. The molecule has 9 heteroatoms. The lowest BCUT2D eigenvalue weighted by molar-refractivity contribution is -0.136. The summed E-state index contributed by atoms with van der Waals surface area (Å²) >= 11 is 7.62. The standard InChI is InChI=1S/C24H21ClFN3O3S/c1-14-21(23(31)32-2)22(15-7-5-8-17(25)10-15)29-18(13-33-24(29)28-14)11-20(30)27-12-16-6-3-4-9-19(16)26/h3-10,13,22H,11-12H2,1-2H3,(H,27,30). The van der Waals surface area contributed by atoms with Gasteiger partial charge >= 0.3 is 5.97 Å². The van der Waals surface area contributed by atoms with Crippen molar-refractivity contribution in [3.05, 3.63) is 92.9 Å². The number of hydrogen-bond acceptors (Lipinski definition) is 6. The predicted molar refractivity (Wildman–Crippen MR) is 127 cm³/mol. The van der Waals surface area contributed by atoms with E-state index in [4.69, 9.17) is 16.3 Å². The number of amidine groups is 1. The van der Waals surface area contributed by atoms with Crippen LogP contribution in [0.1, 0.15) is 30.5 Å². The van der Waals surface area contributed by atoms with Gasteiger partial charge in [0, 0.05) is 22.8 Å². The Labute approximate surface area is 200 Å². The topological polar surface area (TPSA) is 71.0 Å². The number of ether oxygens (including phenoxy) is 1. The Morgan fingerprint density at radius 1 is 1.24 bits per heavy atom. The molecule has 0 aliphatic carbocycles. The van der Waals surface area contributed by atoms with Crippen LogP contribution in [0.3, 0.4) is 0 Å². The van der Waals surface area contributed by atoms with Crippen LogP contribution in [0.25, 0.3) is 0 Å². The maximum absolute atomic E-state index is 13.9. The summed E-state index contributed by atoms with van der Waals surface area (Å²) in [6.45, 7) is 1.84. The fourth-order valence-electron chi connectivity index (χ4n) is 3.80. The molecule has 2 aliphatic heterocycles. The lowest BCUT2D eigenvalue weighted by atomic mass is 9.94. The van der Waals surface area contributed by atoms with Crippen LogP contribution in [0.5, 0.6) is 0 Å². The molecule has 0 radical (unpaired) electrons. The largest absolute Gasteiger partial charge is 0.466 e. The number of carbonyl (C=O) groups excluding carboxylic acids is 2. The highest BCUT2D eigenvalue weighted by atomic mass is 35.5. The molecule has 0 spiro atoms. The number of hydrogen-bond donors (Lipinski definition) is 1.